The van der Waals surface area contributed by atoms with Gasteiger partial charge in [-0.3, -0.25) is 4.98 Å². The molecular formula is C10H13NO. The largest absolute Gasteiger partial charge is 0.501 e. The topological polar surface area (TPSA) is 22.1 Å². The zero-order valence-electron chi connectivity index (χ0n) is 7.45. The highest BCUT2D eigenvalue weighted by Crippen LogP contribution is 2.01. The first kappa shape index (κ1) is 8.78. The van der Waals surface area contributed by atoms with Gasteiger partial charge in [0.2, 0.25) is 0 Å². The third kappa shape index (κ3) is 2.74. The molecule has 0 N–H and O–H groups in total. The van der Waals surface area contributed by atoms with Crippen LogP contribution in [0.1, 0.15) is 18.2 Å². The molecule has 0 aliphatic rings. The van der Waals surface area contributed by atoms with Crippen molar-refractivity contribution in [1.82, 2.24) is 4.98 Å². The van der Waals surface area contributed by atoms with Gasteiger partial charge in [0.1, 0.15) is 0 Å². The molecule has 1 aromatic heterocycles. The van der Waals surface area contributed by atoms with Gasteiger partial charge in [0.05, 0.1) is 12.9 Å². The van der Waals surface area contributed by atoms with Gasteiger partial charge in [0.15, 0.2) is 0 Å². The Morgan fingerprint density at radius 2 is 2.33 bits per heavy atom. The quantitative estimate of drug-likeness (QED) is 0.638. The van der Waals surface area contributed by atoms with Crippen LogP contribution in [0.3, 0.4) is 0 Å². The number of rotatable bonds is 3. The molecule has 64 valence electrons. The van der Waals surface area contributed by atoms with Crippen molar-refractivity contribution in [3.63, 3.8) is 0 Å². The van der Waals surface area contributed by atoms with Crippen molar-refractivity contribution < 1.29 is 4.74 Å². The van der Waals surface area contributed by atoms with E-state index in [9.17, 15) is 0 Å². The van der Waals surface area contributed by atoms with E-state index in [1.165, 1.54) is 0 Å². The number of aryl methyl sites for hydroxylation is 1. The predicted octanol–water partition coefficient (Wildman–Crippen LogP) is 2.40. The molecule has 0 bridgehead atoms. The van der Waals surface area contributed by atoms with Crippen LogP contribution < -0.4 is 0 Å². The number of aromatic nitrogens is 1. The Hall–Kier alpha value is -1.31. The number of pyridine rings is 1. The zero-order valence-corrected chi connectivity index (χ0v) is 7.45. The van der Waals surface area contributed by atoms with E-state index < -0.39 is 0 Å². The fourth-order valence-electron chi connectivity index (χ4n) is 0.801. The third-order valence-corrected chi connectivity index (χ3v) is 1.46. The monoisotopic (exact) mass is 163 g/mol. The number of hydrogen-bond donors (Lipinski definition) is 0. The fourth-order valence-corrected chi connectivity index (χ4v) is 0.801. The minimum absolute atomic E-state index is 0.704. The molecule has 2 heteroatoms. The van der Waals surface area contributed by atoms with Crippen LogP contribution in [0.5, 0.6) is 0 Å². The Kier molecular flexibility index (Phi) is 3.33. The second kappa shape index (κ2) is 4.54. The fraction of sp³-hybridized carbons (Fsp3) is 0.300. The maximum atomic E-state index is 5.06. The summed E-state index contributed by atoms with van der Waals surface area (Å²) in [5, 5.41) is 0. The summed E-state index contributed by atoms with van der Waals surface area (Å²) in [6.45, 7) is 4.63. The highest BCUT2D eigenvalue weighted by atomic mass is 16.5. The average molecular weight is 163 g/mol. The summed E-state index contributed by atoms with van der Waals surface area (Å²) in [4.78, 5) is 4.15. The SMILES string of the molecule is CCO/C=C/c1ccc(C)nc1. The summed E-state index contributed by atoms with van der Waals surface area (Å²) >= 11 is 0. The Bertz CT molecular complexity index is 251. The smallest absolute Gasteiger partial charge is 0.0845 e. The Morgan fingerprint density at radius 3 is 2.92 bits per heavy atom. The van der Waals surface area contributed by atoms with Crippen LogP contribution in [0, 0.1) is 6.92 Å². The van der Waals surface area contributed by atoms with Crippen molar-refractivity contribution >= 4 is 6.08 Å². The standard InChI is InChI=1S/C10H13NO/c1-3-12-7-6-10-5-4-9(2)11-8-10/h4-8H,3H2,1-2H3/b7-6+. The molecule has 1 aromatic rings. The molecule has 0 aliphatic carbocycles. The van der Waals surface area contributed by atoms with Crippen molar-refractivity contribution in [3.05, 3.63) is 35.8 Å². The van der Waals surface area contributed by atoms with E-state index in [1.807, 2.05) is 38.3 Å². The van der Waals surface area contributed by atoms with E-state index in [2.05, 4.69) is 4.98 Å². The molecule has 0 fully saturated rings. The molecule has 0 aromatic carbocycles. The summed E-state index contributed by atoms with van der Waals surface area (Å²) < 4.78 is 5.06. The molecule has 0 atom stereocenters. The zero-order chi connectivity index (χ0) is 8.81. The molecule has 0 spiro atoms. The first-order valence-electron chi connectivity index (χ1n) is 4.03. The van der Waals surface area contributed by atoms with E-state index >= 15 is 0 Å². The molecule has 0 aliphatic heterocycles. The van der Waals surface area contributed by atoms with Crippen LogP contribution >= 0.6 is 0 Å². The van der Waals surface area contributed by atoms with E-state index in [4.69, 9.17) is 4.74 Å². The maximum Gasteiger partial charge on any atom is 0.0845 e. The molecule has 1 heterocycles. The second-order valence-corrected chi connectivity index (χ2v) is 2.49. The van der Waals surface area contributed by atoms with Gasteiger partial charge >= 0.3 is 0 Å². The van der Waals surface area contributed by atoms with Crippen LogP contribution in [-0.4, -0.2) is 11.6 Å². The molecule has 1 rings (SSSR count). The summed E-state index contributed by atoms with van der Waals surface area (Å²) in [6.07, 6.45) is 5.41. The molecule has 12 heavy (non-hydrogen) atoms. The van der Waals surface area contributed by atoms with Crippen LogP contribution in [0.15, 0.2) is 24.6 Å². The van der Waals surface area contributed by atoms with Crippen LogP contribution in [0.2, 0.25) is 0 Å². The third-order valence-electron chi connectivity index (χ3n) is 1.46. The van der Waals surface area contributed by atoms with Gasteiger partial charge in [-0.05, 0) is 31.6 Å². The van der Waals surface area contributed by atoms with Gasteiger partial charge in [-0.25, -0.2) is 0 Å². The normalized spacial score (nSPS) is 10.5. The van der Waals surface area contributed by atoms with E-state index in [1.54, 1.807) is 6.26 Å². The molecule has 0 saturated carbocycles. The van der Waals surface area contributed by atoms with Crippen molar-refractivity contribution in [3.8, 4) is 0 Å². The number of nitrogens with zero attached hydrogens (tertiary/aromatic N) is 1. The van der Waals surface area contributed by atoms with Crippen LogP contribution in [-0.2, 0) is 4.74 Å². The molecule has 0 saturated heterocycles. The van der Waals surface area contributed by atoms with Crippen LogP contribution in [0.4, 0.5) is 0 Å². The van der Waals surface area contributed by atoms with E-state index in [0.29, 0.717) is 6.61 Å². The lowest BCUT2D eigenvalue weighted by atomic mass is 10.2. The molecule has 0 amide bonds. The summed E-state index contributed by atoms with van der Waals surface area (Å²) in [5.41, 5.74) is 2.10. The summed E-state index contributed by atoms with van der Waals surface area (Å²) in [7, 11) is 0. The lowest BCUT2D eigenvalue weighted by Crippen LogP contribution is -1.81. The van der Waals surface area contributed by atoms with Crippen molar-refractivity contribution in [2.45, 2.75) is 13.8 Å². The first-order valence-corrected chi connectivity index (χ1v) is 4.03. The van der Waals surface area contributed by atoms with Gasteiger partial charge < -0.3 is 4.74 Å². The first-order chi connectivity index (χ1) is 5.83. The van der Waals surface area contributed by atoms with Crippen LogP contribution in [0.25, 0.3) is 6.08 Å². The number of hydrogen-bond acceptors (Lipinski definition) is 2. The van der Waals surface area contributed by atoms with Crippen molar-refractivity contribution in [1.29, 1.82) is 0 Å². The maximum absolute atomic E-state index is 5.06. The predicted molar refractivity (Wildman–Crippen MR) is 49.6 cm³/mol. The highest BCUT2D eigenvalue weighted by Gasteiger charge is 1.86. The lowest BCUT2D eigenvalue weighted by molar-refractivity contribution is 0.272. The Balaban J connectivity index is 2.58. The second-order valence-electron chi connectivity index (χ2n) is 2.49. The highest BCUT2D eigenvalue weighted by molar-refractivity contribution is 5.46. The Labute approximate surface area is 72.9 Å². The van der Waals surface area contributed by atoms with Gasteiger partial charge in [0.25, 0.3) is 0 Å². The molecule has 0 unspecified atom stereocenters. The Morgan fingerprint density at radius 1 is 1.50 bits per heavy atom. The van der Waals surface area contributed by atoms with Gasteiger partial charge in [-0.15, -0.1) is 0 Å². The van der Waals surface area contributed by atoms with E-state index in [0.717, 1.165) is 11.3 Å². The minimum Gasteiger partial charge on any atom is -0.501 e. The molecule has 2 nitrogen and oxygen atoms in total. The van der Waals surface area contributed by atoms with Gasteiger partial charge in [-0.2, -0.15) is 0 Å². The number of ether oxygens (including phenoxy) is 1. The van der Waals surface area contributed by atoms with Crippen molar-refractivity contribution in [2.75, 3.05) is 6.61 Å². The minimum atomic E-state index is 0.704. The van der Waals surface area contributed by atoms with Gasteiger partial charge in [-0.1, -0.05) is 6.07 Å². The molecule has 0 radical (unpaired) electrons. The van der Waals surface area contributed by atoms with E-state index in [-0.39, 0.29) is 0 Å². The van der Waals surface area contributed by atoms with Gasteiger partial charge in [0, 0.05) is 11.9 Å². The lowest BCUT2D eigenvalue weighted by Gasteiger charge is -1.94. The summed E-state index contributed by atoms with van der Waals surface area (Å²) in [6, 6.07) is 3.99. The average Bonchev–Trinajstić information content (AvgIpc) is 2.09. The molecular weight excluding hydrogens is 150 g/mol. The van der Waals surface area contributed by atoms with Crippen molar-refractivity contribution in [2.24, 2.45) is 0 Å². The summed E-state index contributed by atoms with van der Waals surface area (Å²) in [5.74, 6) is 0.